The van der Waals surface area contributed by atoms with E-state index >= 15 is 0 Å². The van der Waals surface area contributed by atoms with E-state index in [1.165, 1.54) is 12.1 Å². The highest BCUT2D eigenvalue weighted by molar-refractivity contribution is 5.90. The maximum atomic E-state index is 13.6. The van der Waals surface area contributed by atoms with E-state index in [0.29, 0.717) is 0 Å². The number of esters is 1. The molecule has 0 radical (unpaired) electrons. The number of carbonyl (C=O) groups is 1. The third-order valence-electron chi connectivity index (χ3n) is 2.50. The summed E-state index contributed by atoms with van der Waals surface area (Å²) in [4.78, 5) is 11.1. The molecule has 17 heavy (non-hydrogen) atoms. The van der Waals surface area contributed by atoms with Crippen LogP contribution in [0.25, 0.3) is 0 Å². The molecule has 1 atom stereocenters. The predicted molar refractivity (Wildman–Crippen MR) is 61.1 cm³/mol. The quantitative estimate of drug-likeness (QED) is 0.826. The van der Waals surface area contributed by atoms with Gasteiger partial charge in [-0.05, 0) is 25.5 Å². The number of methoxy groups -OCH3 is 1. The molecule has 3 nitrogen and oxygen atoms in total. The van der Waals surface area contributed by atoms with Crippen molar-refractivity contribution in [1.29, 1.82) is 0 Å². The van der Waals surface area contributed by atoms with Crippen LogP contribution >= 0.6 is 0 Å². The third-order valence-corrected chi connectivity index (χ3v) is 2.50. The molecule has 0 saturated heterocycles. The number of anilines is 1. The van der Waals surface area contributed by atoms with Gasteiger partial charge in [-0.2, -0.15) is 0 Å². The molecule has 0 bridgehead atoms. The summed E-state index contributed by atoms with van der Waals surface area (Å²) in [6.45, 7) is 3.78. The topological polar surface area (TPSA) is 38.3 Å². The van der Waals surface area contributed by atoms with Crippen LogP contribution in [0.15, 0.2) is 12.1 Å². The van der Waals surface area contributed by atoms with E-state index in [2.05, 4.69) is 10.1 Å². The number of halogens is 2. The van der Waals surface area contributed by atoms with Crippen LogP contribution in [0.5, 0.6) is 0 Å². The fourth-order valence-corrected chi connectivity index (χ4v) is 1.30. The molecule has 0 amide bonds. The maximum Gasteiger partial charge on any atom is 0.340 e. The highest BCUT2D eigenvalue weighted by Crippen LogP contribution is 2.22. The summed E-state index contributed by atoms with van der Waals surface area (Å²) in [5.41, 5.74) is -0.357. The van der Waals surface area contributed by atoms with Crippen LogP contribution in [-0.4, -0.2) is 19.1 Å². The summed E-state index contributed by atoms with van der Waals surface area (Å²) in [5.74, 6) is -3.14. The number of benzene rings is 1. The number of carbonyl (C=O) groups excluding carboxylic acids is 1. The Hall–Kier alpha value is -1.65. The first-order valence-corrected chi connectivity index (χ1v) is 5.34. The Kier molecular flexibility index (Phi) is 4.43. The minimum Gasteiger partial charge on any atom is -0.465 e. The second-order valence-electron chi connectivity index (χ2n) is 3.73. The van der Waals surface area contributed by atoms with Crippen molar-refractivity contribution in [2.45, 2.75) is 26.3 Å². The van der Waals surface area contributed by atoms with Gasteiger partial charge in [0.1, 0.15) is 0 Å². The fraction of sp³-hybridized carbons (Fsp3) is 0.417. The van der Waals surface area contributed by atoms with Crippen molar-refractivity contribution in [2.75, 3.05) is 12.4 Å². The smallest absolute Gasteiger partial charge is 0.340 e. The predicted octanol–water partition coefficient (Wildman–Crippen LogP) is 2.96. The Morgan fingerprint density at radius 3 is 2.59 bits per heavy atom. The Bertz CT molecular complexity index is 421. The molecule has 0 fully saturated rings. The van der Waals surface area contributed by atoms with Gasteiger partial charge in [0.15, 0.2) is 11.6 Å². The molecular formula is C12H15F2NO2. The van der Waals surface area contributed by atoms with Crippen molar-refractivity contribution in [3.8, 4) is 0 Å². The molecule has 0 aliphatic carbocycles. The van der Waals surface area contributed by atoms with Gasteiger partial charge in [-0.3, -0.25) is 0 Å². The highest BCUT2D eigenvalue weighted by Gasteiger charge is 2.19. The zero-order valence-electron chi connectivity index (χ0n) is 10.0. The first-order chi connectivity index (χ1) is 8.01. The summed E-state index contributed by atoms with van der Waals surface area (Å²) in [6, 6.07) is 2.55. The molecule has 1 unspecified atom stereocenters. The van der Waals surface area contributed by atoms with Crippen molar-refractivity contribution in [2.24, 2.45) is 0 Å². The SMILES string of the molecule is CCC(C)Nc1ccc(C(=O)OC)c(F)c1F. The Balaban J connectivity index is 3.06. The van der Waals surface area contributed by atoms with E-state index in [9.17, 15) is 13.6 Å². The van der Waals surface area contributed by atoms with Crippen molar-refractivity contribution < 1.29 is 18.3 Å². The molecule has 0 saturated carbocycles. The Labute approximate surface area is 98.8 Å². The van der Waals surface area contributed by atoms with Crippen LogP contribution in [-0.2, 0) is 4.74 Å². The van der Waals surface area contributed by atoms with Gasteiger partial charge in [-0.25, -0.2) is 13.6 Å². The fourth-order valence-electron chi connectivity index (χ4n) is 1.30. The van der Waals surface area contributed by atoms with Crippen molar-refractivity contribution in [1.82, 2.24) is 0 Å². The van der Waals surface area contributed by atoms with Gasteiger partial charge < -0.3 is 10.1 Å². The second-order valence-corrected chi connectivity index (χ2v) is 3.73. The van der Waals surface area contributed by atoms with Crippen LogP contribution in [0, 0.1) is 11.6 Å². The van der Waals surface area contributed by atoms with Gasteiger partial charge >= 0.3 is 5.97 Å². The average Bonchev–Trinajstić information content (AvgIpc) is 2.34. The number of ether oxygens (including phenoxy) is 1. The van der Waals surface area contributed by atoms with Crippen LogP contribution < -0.4 is 5.32 Å². The van der Waals surface area contributed by atoms with Gasteiger partial charge in [0, 0.05) is 6.04 Å². The van der Waals surface area contributed by atoms with E-state index in [1.54, 1.807) is 0 Å². The molecule has 0 aliphatic heterocycles. The summed E-state index contributed by atoms with van der Waals surface area (Å²) in [5, 5.41) is 2.82. The zero-order valence-corrected chi connectivity index (χ0v) is 10.0. The van der Waals surface area contributed by atoms with E-state index in [-0.39, 0.29) is 11.7 Å². The molecule has 0 aliphatic rings. The summed E-state index contributed by atoms with van der Waals surface area (Å²) >= 11 is 0. The van der Waals surface area contributed by atoms with Crippen LogP contribution in [0.3, 0.4) is 0 Å². The lowest BCUT2D eigenvalue weighted by Gasteiger charge is -2.14. The number of rotatable bonds is 4. The lowest BCUT2D eigenvalue weighted by Crippen LogP contribution is -2.16. The van der Waals surface area contributed by atoms with Crippen molar-refractivity contribution >= 4 is 11.7 Å². The summed E-state index contributed by atoms with van der Waals surface area (Å²) in [6.07, 6.45) is 0.778. The van der Waals surface area contributed by atoms with E-state index < -0.39 is 23.2 Å². The lowest BCUT2D eigenvalue weighted by atomic mass is 10.1. The molecule has 0 aromatic heterocycles. The number of nitrogens with one attached hydrogen (secondary N) is 1. The second kappa shape index (κ2) is 5.61. The van der Waals surface area contributed by atoms with Crippen LogP contribution in [0.1, 0.15) is 30.6 Å². The van der Waals surface area contributed by atoms with Crippen molar-refractivity contribution in [3.05, 3.63) is 29.3 Å². The first kappa shape index (κ1) is 13.4. The molecule has 0 spiro atoms. The van der Waals surface area contributed by atoms with Gasteiger partial charge in [-0.1, -0.05) is 6.92 Å². The maximum absolute atomic E-state index is 13.6. The normalized spacial score (nSPS) is 12.1. The van der Waals surface area contributed by atoms with Gasteiger partial charge in [0.05, 0.1) is 18.4 Å². The third kappa shape index (κ3) is 2.93. The molecule has 0 heterocycles. The highest BCUT2D eigenvalue weighted by atomic mass is 19.2. The molecule has 1 rings (SSSR count). The minimum absolute atomic E-state index is 0.0212. The zero-order chi connectivity index (χ0) is 13.0. The molecule has 1 aromatic rings. The average molecular weight is 243 g/mol. The largest absolute Gasteiger partial charge is 0.465 e. The van der Waals surface area contributed by atoms with Crippen LogP contribution in [0.4, 0.5) is 14.5 Å². The summed E-state index contributed by atoms with van der Waals surface area (Å²) in [7, 11) is 1.12. The minimum atomic E-state index is -1.19. The van der Waals surface area contributed by atoms with Crippen molar-refractivity contribution in [3.63, 3.8) is 0 Å². The van der Waals surface area contributed by atoms with Gasteiger partial charge in [-0.15, -0.1) is 0 Å². The molecular weight excluding hydrogens is 228 g/mol. The number of hydrogen-bond acceptors (Lipinski definition) is 3. The van der Waals surface area contributed by atoms with Gasteiger partial charge in [0.25, 0.3) is 0 Å². The number of hydrogen-bond donors (Lipinski definition) is 1. The Morgan fingerprint density at radius 1 is 1.41 bits per heavy atom. The monoisotopic (exact) mass is 243 g/mol. The van der Waals surface area contributed by atoms with Gasteiger partial charge in [0.2, 0.25) is 0 Å². The van der Waals surface area contributed by atoms with E-state index in [1.807, 2.05) is 13.8 Å². The molecule has 1 N–H and O–H groups in total. The molecule has 1 aromatic carbocycles. The first-order valence-electron chi connectivity index (χ1n) is 5.34. The Morgan fingerprint density at radius 2 is 2.06 bits per heavy atom. The lowest BCUT2D eigenvalue weighted by molar-refractivity contribution is 0.0594. The van der Waals surface area contributed by atoms with E-state index in [4.69, 9.17) is 0 Å². The summed E-state index contributed by atoms with van der Waals surface area (Å²) < 4.78 is 31.5. The molecule has 94 valence electrons. The van der Waals surface area contributed by atoms with Crippen LogP contribution in [0.2, 0.25) is 0 Å². The van der Waals surface area contributed by atoms with E-state index in [0.717, 1.165) is 13.5 Å². The molecule has 5 heteroatoms. The standard InChI is InChI=1S/C12H15F2NO2/c1-4-7(2)15-9-6-5-8(12(16)17-3)10(13)11(9)14/h5-7,15H,4H2,1-3H3.